The predicted molar refractivity (Wildman–Crippen MR) is 51.4 cm³/mol. The normalized spacial score (nSPS) is 11.1. The Hall–Kier alpha value is -1.90. The number of aromatic amines is 1. The number of fused-ring (bicyclic) bond motifs is 3. The van der Waals surface area contributed by atoms with Crippen LogP contribution in [0.25, 0.3) is 21.8 Å². The summed E-state index contributed by atoms with van der Waals surface area (Å²) in [6, 6.07) is 3.96. The van der Waals surface area contributed by atoms with Crippen LogP contribution in [0.5, 0.6) is 0 Å². The van der Waals surface area contributed by atoms with Crippen LogP contribution in [0.4, 0.5) is 0 Å². The highest BCUT2D eigenvalue weighted by Crippen LogP contribution is 2.22. The number of aromatic nitrogens is 3. The first-order valence-electron chi connectivity index (χ1n) is 4.10. The molecule has 3 heterocycles. The average Bonchev–Trinajstić information content (AvgIpc) is 2.56. The molecular formula is C10H7N3. The van der Waals surface area contributed by atoms with Crippen molar-refractivity contribution in [3.05, 3.63) is 36.9 Å². The molecule has 0 fully saturated rings. The van der Waals surface area contributed by atoms with E-state index in [-0.39, 0.29) is 0 Å². The van der Waals surface area contributed by atoms with Gasteiger partial charge in [-0.1, -0.05) is 0 Å². The van der Waals surface area contributed by atoms with Crippen LogP contribution in [-0.4, -0.2) is 15.0 Å². The molecule has 0 saturated carbocycles. The van der Waals surface area contributed by atoms with Crippen LogP contribution in [0.2, 0.25) is 0 Å². The van der Waals surface area contributed by atoms with Gasteiger partial charge in [0.05, 0.1) is 11.7 Å². The van der Waals surface area contributed by atoms with Crippen molar-refractivity contribution >= 4 is 21.8 Å². The molecule has 0 amide bonds. The Morgan fingerprint density at radius 1 is 0.846 bits per heavy atom. The lowest BCUT2D eigenvalue weighted by Gasteiger charge is -1.86. The standard InChI is InChI=1S/C10H7N3/c1-3-12-6-10-7(1)8-5-11-4-2-9(8)13-10/h1-6,13H. The van der Waals surface area contributed by atoms with Gasteiger partial charge in [0.25, 0.3) is 0 Å². The highest BCUT2D eigenvalue weighted by molar-refractivity contribution is 6.06. The molecule has 3 aromatic heterocycles. The van der Waals surface area contributed by atoms with Gasteiger partial charge in [-0.05, 0) is 12.1 Å². The van der Waals surface area contributed by atoms with E-state index in [0.717, 1.165) is 16.4 Å². The highest BCUT2D eigenvalue weighted by atomic mass is 14.8. The molecule has 0 aliphatic heterocycles. The molecule has 0 aromatic carbocycles. The van der Waals surface area contributed by atoms with Gasteiger partial charge in [0, 0.05) is 34.9 Å². The zero-order valence-electron chi connectivity index (χ0n) is 6.86. The first-order chi connectivity index (χ1) is 6.45. The van der Waals surface area contributed by atoms with Crippen molar-refractivity contribution in [2.45, 2.75) is 0 Å². The summed E-state index contributed by atoms with van der Waals surface area (Å²) in [5.74, 6) is 0. The summed E-state index contributed by atoms with van der Waals surface area (Å²) in [7, 11) is 0. The fourth-order valence-electron chi connectivity index (χ4n) is 1.59. The Morgan fingerprint density at radius 2 is 1.69 bits per heavy atom. The maximum atomic E-state index is 4.09. The number of H-pyrrole nitrogens is 1. The summed E-state index contributed by atoms with van der Waals surface area (Å²) in [5, 5.41) is 2.33. The molecule has 1 N–H and O–H groups in total. The molecule has 0 spiro atoms. The zero-order chi connectivity index (χ0) is 8.67. The van der Waals surface area contributed by atoms with Gasteiger partial charge in [-0.3, -0.25) is 9.97 Å². The molecule has 0 atom stereocenters. The summed E-state index contributed by atoms with van der Waals surface area (Å²) < 4.78 is 0. The van der Waals surface area contributed by atoms with E-state index in [0.29, 0.717) is 0 Å². The third-order valence-corrected chi connectivity index (χ3v) is 2.20. The molecule has 0 bridgehead atoms. The Balaban J connectivity index is 2.64. The summed E-state index contributed by atoms with van der Waals surface area (Å²) in [6.07, 6.45) is 7.28. The molecule has 0 radical (unpaired) electrons. The lowest BCUT2D eigenvalue weighted by molar-refractivity contribution is 1.34. The van der Waals surface area contributed by atoms with E-state index in [1.54, 1.807) is 12.4 Å². The van der Waals surface area contributed by atoms with Gasteiger partial charge in [0.1, 0.15) is 0 Å². The van der Waals surface area contributed by atoms with E-state index in [4.69, 9.17) is 0 Å². The Bertz CT molecular complexity index is 518. The number of nitrogens with zero attached hydrogens (tertiary/aromatic N) is 2. The summed E-state index contributed by atoms with van der Waals surface area (Å²) in [5.41, 5.74) is 2.17. The fourth-order valence-corrected chi connectivity index (χ4v) is 1.59. The number of hydrogen-bond donors (Lipinski definition) is 1. The van der Waals surface area contributed by atoms with Crippen LogP contribution in [0.1, 0.15) is 0 Å². The van der Waals surface area contributed by atoms with Gasteiger partial charge in [-0.2, -0.15) is 0 Å². The maximum Gasteiger partial charge on any atom is 0.0651 e. The largest absolute Gasteiger partial charge is 0.353 e. The molecule has 3 rings (SSSR count). The van der Waals surface area contributed by atoms with E-state index < -0.39 is 0 Å². The third-order valence-electron chi connectivity index (χ3n) is 2.20. The minimum absolute atomic E-state index is 1.06. The molecule has 62 valence electrons. The molecule has 3 nitrogen and oxygen atoms in total. The number of pyridine rings is 2. The van der Waals surface area contributed by atoms with E-state index in [2.05, 4.69) is 15.0 Å². The molecule has 0 aliphatic rings. The fraction of sp³-hybridized carbons (Fsp3) is 0. The molecule has 3 heteroatoms. The van der Waals surface area contributed by atoms with Gasteiger partial charge in [0.2, 0.25) is 0 Å². The monoisotopic (exact) mass is 169 g/mol. The Kier molecular flexibility index (Phi) is 1.16. The van der Waals surface area contributed by atoms with Crippen molar-refractivity contribution in [3.8, 4) is 0 Å². The van der Waals surface area contributed by atoms with E-state index in [9.17, 15) is 0 Å². The average molecular weight is 169 g/mol. The second-order valence-electron chi connectivity index (χ2n) is 2.97. The Labute approximate surface area is 74.4 Å². The Morgan fingerprint density at radius 3 is 2.69 bits per heavy atom. The number of nitrogens with one attached hydrogen (secondary N) is 1. The molecule has 0 saturated heterocycles. The molecular weight excluding hydrogens is 162 g/mol. The summed E-state index contributed by atoms with van der Waals surface area (Å²) >= 11 is 0. The van der Waals surface area contributed by atoms with Crippen molar-refractivity contribution in [2.24, 2.45) is 0 Å². The first-order valence-corrected chi connectivity index (χ1v) is 4.10. The van der Waals surface area contributed by atoms with Gasteiger partial charge >= 0.3 is 0 Å². The highest BCUT2D eigenvalue weighted by Gasteiger charge is 2.01. The van der Waals surface area contributed by atoms with E-state index in [1.165, 1.54) is 5.39 Å². The number of rotatable bonds is 0. The predicted octanol–water partition coefficient (Wildman–Crippen LogP) is 2.11. The minimum Gasteiger partial charge on any atom is -0.353 e. The SMILES string of the molecule is c1cc2c(cn1)[nH]c1ccncc12. The van der Waals surface area contributed by atoms with Crippen LogP contribution >= 0.6 is 0 Å². The first kappa shape index (κ1) is 6.60. The summed E-state index contributed by atoms with van der Waals surface area (Å²) in [4.78, 5) is 11.4. The van der Waals surface area contributed by atoms with Crippen LogP contribution in [0.3, 0.4) is 0 Å². The van der Waals surface area contributed by atoms with Gasteiger partial charge in [-0.15, -0.1) is 0 Å². The van der Waals surface area contributed by atoms with Gasteiger partial charge in [-0.25, -0.2) is 0 Å². The van der Waals surface area contributed by atoms with Crippen LogP contribution < -0.4 is 0 Å². The van der Waals surface area contributed by atoms with Crippen molar-refractivity contribution in [3.63, 3.8) is 0 Å². The van der Waals surface area contributed by atoms with Crippen LogP contribution in [0.15, 0.2) is 36.9 Å². The summed E-state index contributed by atoms with van der Waals surface area (Å²) in [6.45, 7) is 0. The second-order valence-corrected chi connectivity index (χ2v) is 2.97. The number of hydrogen-bond acceptors (Lipinski definition) is 2. The van der Waals surface area contributed by atoms with Gasteiger partial charge in [0.15, 0.2) is 0 Å². The smallest absolute Gasteiger partial charge is 0.0651 e. The van der Waals surface area contributed by atoms with Crippen molar-refractivity contribution < 1.29 is 0 Å². The lowest BCUT2D eigenvalue weighted by atomic mass is 10.2. The van der Waals surface area contributed by atoms with Crippen molar-refractivity contribution in [1.29, 1.82) is 0 Å². The minimum atomic E-state index is 1.06. The maximum absolute atomic E-state index is 4.09. The van der Waals surface area contributed by atoms with Crippen LogP contribution in [-0.2, 0) is 0 Å². The second kappa shape index (κ2) is 2.29. The lowest BCUT2D eigenvalue weighted by Crippen LogP contribution is -1.69. The zero-order valence-corrected chi connectivity index (χ0v) is 6.86. The third kappa shape index (κ3) is 0.839. The molecule has 0 unspecified atom stereocenters. The van der Waals surface area contributed by atoms with Crippen molar-refractivity contribution in [2.75, 3.05) is 0 Å². The van der Waals surface area contributed by atoms with Crippen LogP contribution in [0, 0.1) is 0 Å². The van der Waals surface area contributed by atoms with Gasteiger partial charge < -0.3 is 4.98 Å². The molecule has 3 aromatic rings. The molecule has 0 aliphatic carbocycles. The van der Waals surface area contributed by atoms with E-state index >= 15 is 0 Å². The van der Waals surface area contributed by atoms with Crippen molar-refractivity contribution in [1.82, 2.24) is 15.0 Å². The van der Waals surface area contributed by atoms with E-state index in [1.807, 2.05) is 24.5 Å². The topological polar surface area (TPSA) is 41.6 Å². The molecule has 13 heavy (non-hydrogen) atoms. The quantitative estimate of drug-likeness (QED) is 0.560.